The highest BCUT2D eigenvalue weighted by Gasteiger charge is 2.35. The van der Waals surface area contributed by atoms with E-state index in [0.717, 1.165) is 6.07 Å². The van der Waals surface area contributed by atoms with E-state index in [1.165, 1.54) is 15.6 Å². The number of nitrogens with two attached hydrogens (primary N) is 1. The molecule has 0 fully saturated rings. The molecule has 4 rings (SSSR count). The summed E-state index contributed by atoms with van der Waals surface area (Å²) in [6.07, 6.45) is -1.70. The number of fused-ring (bicyclic) bond motifs is 1. The standard InChI is InChI=1S/C20H18F3N7O2S/c1-9-4-5-30(28-9)8-14(31)27-16-15-11(12-7-25-29(3)10(12)2)6-13(20(21,22)23)26-19(15)33-17(16)18(24)32/h4-7H,8H2,1-3H3,(H2,24,32)(H,27,31). The van der Waals surface area contributed by atoms with Crippen molar-refractivity contribution < 1.29 is 22.8 Å². The third kappa shape index (κ3) is 4.18. The molecule has 33 heavy (non-hydrogen) atoms. The minimum absolute atomic E-state index is 0.0101. The summed E-state index contributed by atoms with van der Waals surface area (Å²) in [5.74, 6) is -1.43. The van der Waals surface area contributed by atoms with Gasteiger partial charge in [-0.3, -0.25) is 19.0 Å². The van der Waals surface area contributed by atoms with Crippen LogP contribution in [0.3, 0.4) is 0 Å². The van der Waals surface area contributed by atoms with Crippen LogP contribution in [-0.4, -0.2) is 36.4 Å². The fourth-order valence-corrected chi connectivity index (χ4v) is 4.40. The molecule has 0 bridgehead atoms. The molecule has 172 valence electrons. The summed E-state index contributed by atoms with van der Waals surface area (Å²) in [6, 6.07) is 2.60. The van der Waals surface area contributed by atoms with Gasteiger partial charge in [0.1, 0.15) is 21.9 Å². The number of anilines is 1. The molecule has 0 aliphatic rings. The van der Waals surface area contributed by atoms with Crippen molar-refractivity contribution in [1.82, 2.24) is 24.5 Å². The van der Waals surface area contributed by atoms with Crippen molar-refractivity contribution in [3.63, 3.8) is 0 Å². The third-order valence-corrected chi connectivity index (χ3v) is 6.14. The molecule has 0 saturated heterocycles. The Labute approximate surface area is 189 Å². The number of thiophene rings is 1. The van der Waals surface area contributed by atoms with Gasteiger partial charge in [-0.2, -0.15) is 23.4 Å². The van der Waals surface area contributed by atoms with E-state index < -0.39 is 23.7 Å². The van der Waals surface area contributed by atoms with Crippen molar-refractivity contribution >= 4 is 39.1 Å². The van der Waals surface area contributed by atoms with Gasteiger partial charge in [0.2, 0.25) is 5.91 Å². The van der Waals surface area contributed by atoms with Crippen LogP contribution in [0, 0.1) is 13.8 Å². The number of carbonyl (C=O) groups excluding carboxylic acids is 2. The zero-order chi connectivity index (χ0) is 24.1. The maximum atomic E-state index is 13.6. The molecular formula is C20H18F3N7O2S. The lowest BCUT2D eigenvalue weighted by atomic mass is 10.0. The Hall–Kier alpha value is -3.74. The first-order chi connectivity index (χ1) is 15.5. The molecule has 0 aromatic carbocycles. The van der Waals surface area contributed by atoms with E-state index in [9.17, 15) is 22.8 Å². The molecule has 0 spiro atoms. The Morgan fingerprint density at radius 2 is 1.97 bits per heavy atom. The largest absolute Gasteiger partial charge is 0.433 e. The molecule has 0 saturated carbocycles. The molecule has 9 nitrogen and oxygen atoms in total. The van der Waals surface area contributed by atoms with Gasteiger partial charge in [-0.15, -0.1) is 11.3 Å². The molecule has 3 N–H and O–H groups in total. The Balaban J connectivity index is 1.93. The first-order valence-electron chi connectivity index (χ1n) is 9.59. The van der Waals surface area contributed by atoms with Crippen LogP contribution in [0.1, 0.15) is 26.8 Å². The number of hydrogen-bond donors (Lipinski definition) is 2. The lowest BCUT2D eigenvalue weighted by Gasteiger charge is -2.12. The number of aromatic nitrogens is 5. The Morgan fingerprint density at radius 3 is 2.52 bits per heavy atom. The molecule has 2 amide bonds. The van der Waals surface area contributed by atoms with Crippen LogP contribution in [-0.2, 0) is 24.6 Å². The predicted molar refractivity (Wildman–Crippen MR) is 116 cm³/mol. The fraction of sp³-hybridized carbons (Fsp3) is 0.250. The van der Waals surface area contributed by atoms with Gasteiger partial charge in [0.25, 0.3) is 5.91 Å². The van der Waals surface area contributed by atoms with Crippen molar-refractivity contribution in [1.29, 1.82) is 0 Å². The van der Waals surface area contributed by atoms with E-state index in [0.29, 0.717) is 28.3 Å². The molecule has 0 unspecified atom stereocenters. The third-order valence-electron chi connectivity index (χ3n) is 5.05. The predicted octanol–water partition coefficient (Wildman–Crippen LogP) is 3.27. The summed E-state index contributed by atoms with van der Waals surface area (Å²) >= 11 is 0.686. The van der Waals surface area contributed by atoms with Gasteiger partial charge in [0.15, 0.2) is 0 Å². The number of pyridine rings is 1. The molecule has 0 atom stereocenters. The van der Waals surface area contributed by atoms with E-state index in [1.54, 1.807) is 33.2 Å². The van der Waals surface area contributed by atoms with E-state index >= 15 is 0 Å². The maximum absolute atomic E-state index is 13.6. The van der Waals surface area contributed by atoms with Crippen molar-refractivity contribution in [3.05, 3.63) is 46.5 Å². The minimum atomic E-state index is -4.72. The maximum Gasteiger partial charge on any atom is 0.433 e. The van der Waals surface area contributed by atoms with Crippen molar-refractivity contribution in [2.45, 2.75) is 26.6 Å². The van der Waals surface area contributed by atoms with Crippen LogP contribution in [0.2, 0.25) is 0 Å². The van der Waals surface area contributed by atoms with Gasteiger partial charge in [-0.25, -0.2) is 4.98 Å². The average Bonchev–Trinajstić information content (AvgIpc) is 3.39. The number of nitrogens with zero attached hydrogens (tertiary/aromatic N) is 5. The summed E-state index contributed by atoms with van der Waals surface area (Å²) < 4.78 is 43.7. The first kappa shape index (κ1) is 22.5. The van der Waals surface area contributed by atoms with E-state index in [-0.39, 0.29) is 32.9 Å². The van der Waals surface area contributed by atoms with Gasteiger partial charge >= 0.3 is 6.18 Å². The average molecular weight is 477 g/mol. The van der Waals surface area contributed by atoms with Crippen LogP contribution < -0.4 is 11.1 Å². The van der Waals surface area contributed by atoms with Crippen LogP contribution in [0.5, 0.6) is 0 Å². The molecule has 4 aromatic rings. The van der Waals surface area contributed by atoms with Crippen molar-refractivity contribution in [2.24, 2.45) is 12.8 Å². The number of aryl methyl sites for hydroxylation is 2. The number of primary amides is 1. The van der Waals surface area contributed by atoms with Crippen LogP contribution in [0.25, 0.3) is 21.3 Å². The number of hydrogen-bond acceptors (Lipinski definition) is 6. The summed E-state index contributed by atoms with van der Waals surface area (Å²) in [4.78, 5) is 28.4. The van der Waals surface area contributed by atoms with Crippen molar-refractivity contribution in [3.8, 4) is 11.1 Å². The highest BCUT2D eigenvalue weighted by molar-refractivity contribution is 7.21. The molecule has 0 radical (unpaired) electrons. The number of amides is 2. The Bertz CT molecular complexity index is 1400. The Morgan fingerprint density at radius 1 is 1.24 bits per heavy atom. The molecule has 0 aliphatic heterocycles. The monoisotopic (exact) mass is 477 g/mol. The number of carbonyl (C=O) groups is 2. The normalized spacial score (nSPS) is 11.8. The van der Waals surface area contributed by atoms with Gasteiger partial charge < -0.3 is 11.1 Å². The molecule has 4 heterocycles. The Kier molecular flexibility index (Phi) is 5.44. The summed E-state index contributed by atoms with van der Waals surface area (Å²) in [5.41, 5.74) is 6.21. The second-order valence-electron chi connectivity index (χ2n) is 7.37. The van der Waals surface area contributed by atoms with Gasteiger partial charge in [0.05, 0.1) is 17.6 Å². The van der Waals surface area contributed by atoms with Crippen LogP contribution in [0.4, 0.5) is 18.9 Å². The quantitative estimate of drug-likeness (QED) is 0.457. The number of halogens is 3. The highest BCUT2D eigenvalue weighted by Crippen LogP contribution is 2.44. The fourth-order valence-electron chi connectivity index (χ4n) is 3.39. The highest BCUT2D eigenvalue weighted by atomic mass is 32.1. The molecule has 13 heteroatoms. The van der Waals surface area contributed by atoms with Crippen molar-refractivity contribution in [2.75, 3.05) is 5.32 Å². The van der Waals surface area contributed by atoms with Gasteiger partial charge in [-0.05, 0) is 31.5 Å². The summed E-state index contributed by atoms with van der Waals surface area (Å²) in [5, 5.41) is 11.1. The lowest BCUT2D eigenvalue weighted by Crippen LogP contribution is -2.21. The van der Waals surface area contributed by atoms with Gasteiger partial charge in [-0.1, -0.05) is 0 Å². The SMILES string of the molecule is Cc1ccn(CC(=O)Nc2c(C(N)=O)sc3nc(C(F)(F)F)cc(-c4cnn(C)c4C)c23)n1. The minimum Gasteiger partial charge on any atom is -0.365 e. The zero-order valence-electron chi connectivity index (χ0n) is 17.7. The zero-order valence-corrected chi connectivity index (χ0v) is 18.5. The van der Waals surface area contributed by atoms with E-state index in [1.807, 2.05) is 0 Å². The second kappa shape index (κ2) is 7.99. The van der Waals surface area contributed by atoms with E-state index in [4.69, 9.17) is 5.73 Å². The molecular weight excluding hydrogens is 459 g/mol. The number of rotatable bonds is 5. The number of alkyl halides is 3. The summed E-state index contributed by atoms with van der Waals surface area (Å²) in [6.45, 7) is 3.29. The molecule has 0 aliphatic carbocycles. The smallest absolute Gasteiger partial charge is 0.365 e. The van der Waals surface area contributed by atoms with E-state index in [2.05, 4.69) is 20.5 Å². The second-order valence-corrected chi connectivity index (χ2v) is 8.37. The summed E-state index contributed by atoms with van der Waals surface area (Å²) in [7, 11) is 1.65. The first-order valence-corrected chi connectivity index (χ1v) is 10.4. The topological polar surface area (TPSA) is 121 Å². The van der Waals surface area contributed by atoms with Crippen LogP contribution in [0.15, 0.2) is 24.5 Å². The molecule has 4 aromatic heterocycles. The lowest BCUT2D eigenvalue weighted by molar-refractivity contribution is -0.140. The van der Waals surface area contributed by atoms with Crippen LogP contribution >= 0.6 is 11.3 Å². The van der Waals surface area contributed by atoms with Gasteiger partial charge in [0, 0.05) is 29.9 Å². The number of nitrogens with one attached hydrogen (secondary N) is 1.